The summed E-state index contributed by atoms with van der Waals surface area (Å²) in [6.45, 7) is 3.88. The fraction of sp³-hybridized carbons (Fsp3) is 0.739. The monoisotopic (exact) mass is 869 g/mol. The number of carbonyl (C=O) groups excluding carboxylic acids is 2. The summed E-state index contributed by atoms with van der Waals surface area (Å²) in [5.74, 6) is -0.978. The second kappa shape index (κ2) is 33.7. The van der Waals surface area contributed by atoms with Gasteiger partial charge in [-0.2, -0.15) is 0 Å². The van der Waals surface area contributed by atoms with Gasteiger partial charge in [0.15, 0.2) is 18.7 Å². The van der Waals surface area contributed by atoms with E-state index in [2.05, 4.69) is 62.1 Å². The van der Waals surface area contributed by atoms with Gasteiger partial charge in [0.05, 0.1) is 19.8 Å². The van der Waals surface area contributed by atoms with Gasteiger partial charge in [0, 0.05) is 12.8 Å². The summed E-state index contributed by atoms with van der Waals surface area (Å²) in [6, 6.07) is 0. The average molecular weight is 869 g/mol. The van der Waals surface area contributed by atoms with Crippen LogP contribution < -0.4 is 0 Å². The van der Waals surface area contributed by atoms with Gasteiger partial charge in [-0.3, -0.25) is 9.59 Å². The zero-order valence-corrected chi connectivity index (χ0v) is 36.2. The Morgan fingerprint density at radius 1 is 0.574 bits per heavy atom. The van der Waals surface area contributed by atoms with Gasteiger partial charge in [0.2, 0.25) is 0 Å². The van der Waals surface area contributed by atoms with E-state index in [1.54, 1.807) is 0 Å². The predicted octanol–water partition coefficient (Wildman–Crippen LogP) is 4.53. The lowest BCUT2D eigenvalue weighted by Gasteiger charge is -2.42. The molecule has 0 unspecified atom stereocenters. The molecule has 0 aliphatic carbocycles. The molecule has 15 nitrogen and oxygen atoms in total. The molecule has 11 atom stereocenters. The van der Waals surface area contributed by atoms with Crippen LogP contribution in [0.1, 0.15) is 122 Å². The van der Waals surface area contributed by atoms with E-state index in [1.807, 2.05) is 6.08 Å². The van der Waals surface area contributed by atoms with Crippen molar-refractivity contribution in [3.8, 4) is 0 Å². The molecular weight excluding hydrogens is 792 g/mol. The Bertz CT molecular complexity index is 1290. The number of rotatable bonds is 33. The van der Waals surface area contributed by atoms with Gasteiger partial charge in [-0.25, -0.2) is 0 Å². The zero-order valence-electron chi connectivity index (χ0n) is 36.2. The van der Waals surface area contributed by atoms with Gasteiger partial charge < -0.3 is 64.2 Å². The smallest absolute Gasteiger partial charge is 0.306 e. The minimum Gasteiger partial charge on any atom is -0.462 e. The lowest BCUT2D eigenvalue weighted by Crippen LogP contribution is -2.61. The molecule has 2 aliphatic rings. The maximum Gasteiger partial charge on any atom is 0.306 e. The third-order valence-electron chi connectivity index (χ3n) is 10.4. The van der Waals surface area contributed by atoms with Crippen LogP contribution in [0, 0.1) is 0 Å². The van der Waals surface area contributed by atoms with E-state index in [1.165, 1.54) is 0 Å². The lowest BCUT2D eigenvalue weighted by molar-refractivity contribution is -0.332. The molecule has 350 valence electrons. The van der Waals surface area contributed by atoms with E-state index < -0.39 is 99.3 Å². The van der Waals surface area contributed by atoms with Crippen molar-refractivity contribution in [2.75, 3.05) is 26.4 Å². The summed E-state index contributed by atoms with van der Waals surface area (Å²) in [4.78, 5) is 25.6. The molecule has 0 saturated carbocycles. The number of hydrogen-bond acceptors (Lipinski definition) is 15. The number of ether oxygens (including phenoxy) is 6. The van der Waals surface area contributed by atoms with Crippen LogP contribution in [0.4, 0.5) is 0 Å². The van der Waals surface area contributed by atoms with Gasteiger partial charge >= 0.3 is 11.9 Å². The van der Waals surface area contributed by atoms with E-state index in [0.29, 0.717) is 12.8 Å². The summed E-state index contributed by atoms with van der Waals surface area (Å²) in [5.41, 5.74) is 0. The minimum absolute atomic E-state index is 0.138. The maximum atomic E-state index is 12.9. The second-order valence-electron chi connectivity index (χ2n) is 15.6. The van der Waals surface area contributed by atoms with Crippen molar-refractivity contribution in [1.29, 1.82) is 0 Å². The van der Waals surface area contributed by atoms with Crippen molar-refractivity contribution in [2.24, 2.45) is 0 Å². The molecule has 2 saturated heterocycles. The summed E-state index contributed by atoms with van der Waals surface area (Å²) in [7, 11) is 0. The number of esters is 2. The highest BCUT2D eigenvalue weighted by Crippen LogP contribution is 2.26. The largest absolute Gasteiger partial charge is 0.462 e. The van der Waals surface area contributed by atoms with Gasteiger partial charge in [-0.15, -0.1) is 6.58 Å². The lowest BCUT2D eigenvalue weighted by atomic mass is 9.98. The number of allylic oxidation sites excluding steroid dienone is 9. The first-order valence-electron chi connectivity index (χ1n) is 22.3. The molecule has 2 rings (SSSR count). The minimum atomic E-state index is -1.77. The summed E-state index contributed by atoms with van der Waals surface area (Å²) >= 11 is 0. The van der Waals surface area contributed by atoms with Crippen LogP contribution in [0.15, 0.2) is 61.3 Å². The van der Waals surface area contributed by atoms with Gasteiger partial charge in [0.1, 0.15) is 55.4 Å². The highest BCUT2D eigenvalue weighted by Gasteiger charge is 2.47. The molecule has 7 N–H and O–H groups in total. The van der Waals surface area contributed by atoms with Crippen LogP contribution in [0.2, 0.25) is 0 Å². The number of unbranched alkanes of at least 4 members (excludes halogenated alkanes) is 10. The average Bonchev–Trinajstić information content (AvgIpc) is 3.25. The molecule has 2 fully saturated rings. The highest BCUT2D eigenvalue weighted by molar-refractivity contribution is 5.70. The Morgan fingerprint density at radius 2 is 1.07 bits per heavy atom. The summed E-state index contributed by atoms with van der Waals surface area (Å²) < 4.78 is 33.4. The van der Waals surface area contributed by atoms with Crippen LogP contribution >= 0.6 is 0 Å². The molecule has 0 radical (unpaired) electrons. The third-order valence-corrected chi connectivity index (χ3v) is 10.4. The molecule has 0 aromatic rings. The van der Waals surface area contributed by atoms with Crippen molar-refractivity contribution < 1.29 is 73.8 Å². The highest BCUT2D eigenvalue weighted by atomic mass is 16.7. The van der Waals surface area contributed by atoms with E-state index in [9.17, 15) is 45.3 Å². The summed E-state index contributed by atoms with van der Waals surface area (Å²) in [6.07, 6.45) is 17.4. The van der Waals surface area contributed by atoms with Crippen molar-refractivity contribution in [2.45, 2.75) is 190 Å². The fourth-order valence-corrected chi connectivity index (χ4v) is 6.67. The molecule has 61 heavy (non-hydrogen) atoms. The fourth-order valence-electron chi connectivity index (χ4n) is 6.67. The quantitative estimate of drug-likeness (QED) is 0.0273. The Hall–Kier alpha value is -2.80. The van der Waals surface area contributed by atoms with Gasteiger partial charge in [-0.1, -0.05) is 100 Å². The number of carbonyl (C=O) groups is 2. The first-order chi connectivity index (χ1) is 29.5. The van der Waals surface area contributed by atoms with E-state index in [-0.39, 0.29) is 19.4 Å². The third kappa shape index (κ3) is 22.9. The number of hydrogen-bond donors (Lipinski definition) is 7. The van der Waals surface area contributed by atoms with Crippen LogP contribution in [-0.4, -0.2) is 142 Å². The maximum absolute atomic E-state index is 12.9. The van der Waals surface area contributed by atoms with Crippen LogP contribution in [0.3, 0.4) is 0 Å². The van der Waals surface area contributed by atoms with Crippen LogP contribution in [-0.2, 0) is 38.0 Å². The first-order valence-corrected chi connectivity index (χ1v) is 22.3. The standard InChI is InChI=1S/C46H76O15/c1-3-5-7-9-11-13-15-16-17-18-19-21-23-25-27-29-38(49)59-34(31-56-37(48)28-26-24-22-20-14-12-10-8-6-4-2)32-57-45-44(55)42(53)40(51)36(61-45)33-58-46-43(54)41(52)39(50)35(30-47)60-46/h4-5,7-8,10-11,13,16-17,34-36,39-47,50-55H,2-3,6,9,12,14-15,18-33H2,1H3/b7-5+,10-8-,13-11+,17-16+/t34-,35-,36-,39+,40+,41+,42+,43-,44-,45-,46+/m1/s1. The molecule has 2 heterocycles. The molecule has 0 bridgehead atoms. The molecule has 0 amide bonds. The molecule has 15 heteroatoms. The van der Waals surface area contributed by atoms with Crippen molar-refractivity contribution in [3.63, 3.8) is 0 Å². The van der Waals surface area contributed by atoms with Gasteiger partial charge in [-0.05, 0) is 64.2 Å². The molecule has 0 aromatic heterocycles. The Kier molecular flexibility index (Phi) is 30.0. The van der Waals surface area contributed by atoms with E-state index in [4.69, 9.17) is 28.4 Å². The Morgan fingerprint density at radius 3 is 1.66 bits per heavy atom. The molecule has 0 spiro atoms. The number of aliphatic hydroxyl groups excluding tert-OH is 7. The van der Waals surface area contributed by atoms with Crippen LogP contribution in [0.25, 0.3) is 0 Å². The van der Waals surface area contributed by atoms with Crippen molar-refractivity contribution in [1.82, 2.24) is 0 Å². The van der Waals surface area contributed by atoms with E-state index in [0.717, 1.165) is 89.9 Å². The van der Waals surface area contributed by atoms with Crippen molar-refractivity contribution >= 4 is 11.9 Å². The predicted molar refractivity (Wildman–Crippen MR) is 229 cm³/mol. The summed E-state index contributed by atoms with van der Waals surface area (Å²) in [5, 5.41) is 71.8. The van der Waals surface area contributed by atoms with Crippen molar-refractivity contribution in [3.05, 3.63) is 61.3 Å². The Balaban J connectivity index is 1.87. The molecule has 0 aromatic carbocycles. The number of aliphatic hydroxyl groups is 7. The van der Waals surface area contributed by atoms with Gasteiger partial charge in [0.25, 0.3) is 0 Å². The first kappa shape index (κ1) is 54.3. The molecular formula is C46H76O15. The second-order valence-corrected chi connectivity index (χ2v) is 15.6. The van der Waals surface area contributed by atoms with E-state index >= 15 is 0 Å². The SMILES string of the molecule is C=CC/C=C\CCCCCCCC(=O)OC[C@H](CO[C@@H]1O[C@H](CO[C@H]2O[C@H](CO)[C@H](O)[C@H](O)[C@H]2O)[C@H](O)[C@H](O)[C@H]1O)OC(=O)CCCCCCC/C=C/C/C=C/C/C=C/CC. The zero-order chi connectivity index (χ0) is 44.7. The Labute approximate surface area is 362 Å². The molecule has 2 aliphatic heterocycles. The normalized spacial score (nSPS) is 27.7. The van der Waals surface area contributed by atoms with Crippen LogP contribution in [0.5, 0.6) is 0 Å². The topological polar surface area (TPSA) is 231 Å².